The van der Waals surface area contributed by atoms with E-state index < -0.39 is 26.3 Å². The lowest BCUT2D eigenvalue weighted by Crippen LogP contribution is -2.52. The number of sulfonamides is 1. The van der Waals surface area contributed by atoms with Crippen molar-refractivity contribution in [2.45, 2.75) is 49.1 Å². The maximum atomic E-state index is 13.6. The molecule has 8 heteroatoms. The molecular formula is C17H23FN2O4S. The summed E-state index contributed by atoms with van der Waals surface area (Å²) in [5.41, 5.74) is -0.400. The summed E-state index contributed by atoms with van der Waals surface area (Å²) in [6, 6.07) is 5.14. The van der Waals surface area contributed by atoms with Crippen LogP contribution in [0.25, 0.3) is 0 Å². The van der Waals surface area contributed by atoms with E-state index in [2.05, 4.69) is 10.0 Å². The lowest BCUT2D eigenvalue weighted by Gasteiger charge is -2.31. The van der Waals surface area contributed by atoms with Gasteiger partial charge in [-0.25, -0.2) is 17.5 Å². The number of hydrogen-bond acceptors (Lipinski definition) is 4. The number of benzene rings is 1. The molecule has 2 N–H and O–H groups in total. The molecule has 6 nitrogen and oxygen atoms in total. The van der Waals surface area contributed by atoms with Gasteiger partial charge in [0.2, 0.25) is 15.9 Å². The van der Waals surface area contributed by atoms with Crippen LogP contribution in [0.2, 0.25) is 0 Å². The quantitative estimate of drug-likeness (QED) is 0.763. The van der Waals surface area contributed by atoms with Gasteiger partial charge in [-0.15, -0.1) is 0 Å². The predicted octanol–water partition coefficient (Wildman–Crippen LogP) is 1.57. The van der Waals surface area contributed by atoms with Crippen molar-refractivity contribution < 1.29 is 22.3 Å². The smallest absolute Gasteiger partial charge is 0.243 e. The van der Waals surface area contributed by atoms with Crippen LogP contribution in [0.3, 0.4) is 0 Å². The second-order valence-corrected chi connectivity index (χ2v) is 8.66. The first-order valence-corrected chi connectivity index (χ1v) is 9.97. The minimum atomic E-state index is -3.97. The molecular weight excluding hydrogens is 347 g/mol. The summed E-state index contributed by atoms with van der Waals surface area (Å²) in [7, 11) is -3.97. The van der Waals surface area contributed by atoms with Crippen LogP contribution in [0.15, 0.2) is 29.2 Å². The molecule has 3 rings (SSSR count). The highest BCUT2D eigenvalue weighted by molar-refractivity contribution is 7.89. The summed E-state index contributed by atoms with van der Waals surface area (Å²) in [5.74, 6) is -0.551. The molecule has 1 saturated heterocycles. The number of carbonyl (C=O) groups excluding carboxylic acids is 1. The van der Waals surface area contributed by atoms with Gasteiger partial charge in [0.05, 0.1) is 11.6 Å². The third-order valence-electron chi connectivity index (χ3n) is 4.79. The Labute approximate surface area is 147 Å². The van der Waals surface area contributed by atoms with E-state index in [-0.39, 0.29) is 25.0 Å². The lowest BCUT2D eigenvalue weighted by atomic mass is 9.90. The molecule has 1 amide bonds. The van der Waals surface area contributed by atoms with Gasteiger partial charge in [0, 0.05) is 19.6 Å². The van der Waals surface area contributed by atoms with Crippen molar-refractivity contribution in [1.82, 2.24) is 10.0 Å². The van der Waals surface area contributed by atoms with Crippen molar-refractivity contribution in [2.24, 2.45) is 5.92 Å². The summed E-state index contributed by atoms with van der Waals surface area (Å²) < 4.78 is 45.8. The Morgan fingerprint density at radius 2 is 2.08 bits per heavy atom. The third kappa shape index (κ3) is 4.19. The van der Waals surface area contributed by atoms with Crippen molar-refractivity contribution >= 4 is 15.9 Å². The van der Waals surface area contributed by atoms with Gasteiger partial charge < -0.3 is 10.1 Å². The molecule has 0 aromatic heterocycles. The second kappa shape index (κ2) is 7.01. The molecule has 25 heavy (non-hydrogen) atoms. The molecule has 1 aliphatic carbocycles. The van der Waals surface area contributed by atoms with E-state index in [4.69, 9.17) is 4.74 Å². The molecule has 2 unspecified atom stereocenters. The number of rotatable bonds is 7. The first-order valence-electron chi connectivity index (χ1n) is 8.49. The van der Waals surface area contributed by atoms with Gasteiger partial charge in [-0.2, -0.15) is 0 Å². The number of halogens is 1. The average molecular weight is 370 g/mol. The Balaban J connectivity index is 1.52. The van der Waals surface area contributed by atoms with Crippen molar-refractivity contribution in [2.75, 3.05) is 13.2 Å². The normalized spacial score (nSPS) is 26.6. The fraction of sp³-hybridized carbons (Fsp3) is 0.588. The number of hydrogen-bond donors (Lipinski definition) is 2. The minimum Gasteiger partial charge on any atom is -0.375 e. The topological polar surface area (TPSA) is 84.5 Å². The highest BCUT2D eigenvalue weighted by atomic mass is 32.2. The lowest BCUT2D eigenvalue weighted by molar-refractivity contribution is -0.123. The zero-order valence-corrected chi connectivity index (χ0v) is 14.9. The Bertz CT molecular complexity index is 751. The predicted molar refractivity (Wildman–Crippen MR) is 89.8 cm³/mol. The Kier molecular flexibility index (Phi) is 5.13. The summed E-state index contributed by atoms with van der Waals surface area (Å²) >= 11 is 0. The van der Waals surface area contributed by atoms with Crippen molar-refractivity contribution in [3.05, 3.63) is 30.1 Å². The van der Waals surface area contributed by atoms with Gasteiger partial charge in [0.25, 0.3) is 0 Å². The highest BCUT2D eigenvalue weighted by Crippen LogP contribution is 2.43. The van der Waals surface area contributed by atoms with E-state index in [1.807, 2.05) is 6.92 Å². The van der Waals surface area contributed by atoms with Crippen LogP contribution >= 0.6 is 0 Å². The maximum absolute atomic E-state index is 13.6. The van der Waals surface area contributed by atoms with Crippen LogP contribution in [0.4, 0.5) is 4.39 Å². The summed E-state index contributed by atoms with van der Waals surface area (Å²) in [6.07, 6.45) is 3.02. The fourth-order valence-corrected chi connectivity index (χ4v) is 4.44. The van der Waals surface area contributed by atoms with Crippen LogP contribution in [0.5, 0.6) is 0 Å². The van der Waals surface area contributed by atoms with E-state index in [0.717, 1.165) is 25.3 Å². The molecule has 1 aliphatic heterocycles. The van der Waals surface area contributed by atoms with Crippen LogP contribution in [-0.4, -0.2) is 39.1 Å². The first kappa shape index (κ1) is 18.3. The second-order valence-electron chi connectivity index (χ2n) is 6.92. The van der Waals surface area contributed by atoms with Crippen LogP contribution in [0.1, 0.15) is 32.6 Å². The minimum absolute atomic E-state index is 0.0132. The van der Waals surface area contributed by atoms with Crippen LogP contribution < -0.4 is 10.0 Å². The number of carbonyl (C=O) groups is 1. The fourth-order valence-electron chi connectivity index (χ4n) is 3.33. The molecule has 1 aromatic carbocycles. The van der Waals surface area contributed by atoms with Gasteiger partial charge in [-0.3, -0.25) is 4.79 Å². The molecule has 2 atom stereocenters. The summed E-state index contributed by atoms with van der Waals surface area (Å²) in [4.78, 5) is 11.8. The standard InChI is InChI=1S/C17H23FN2O4S/c1-17(9-11-24-16(17)12-6-7-12)20-15(21)8-10-19-25(22,23)14-5-3-2-4-13(14)18/h2-5,12,16,19H,6-11H2,1H3,(H,20,21). The highest BCUT2D eigenvalue weighted by Gasteiger charge is 2.48. The van der Waals surface area contributed by atoms with Crippen LogP contribution in [-0.2, 0) is 19.6 Å². The molecule has 2 aliphatic rings. The molecule has 138 valence electrons. The molecule has 1 aromatic rings. The SMILES string of the molecule is CC1(NC(=O)CCNS(=O)(=O)c2ccccc2F)CCOC1C1CC1. The van der Waals surface area contributed by atoms with E-state index in [0.29, 0.717) is 12.5 Å². The van der Waals surface area contributed by atoms with E-state index in [9.17, 15) is 17.6 Å². The zero-order chi connectivity index (χ0) is 18.1. The third-order valence-corrected chi connectivity index (χ3v) is 6.29. The van der Waals surface area contributed by atoms with E-state index in [1.54, 1.807) is 0 Å². The van der Waals surface area contributed by atoms with E-state index >= 15 is 0 Å². The average Bonchev–Trinajstić information content (AvgIpc) is 3.30. The van der Waals surface area contributed by atoms with E-state index in [1.165, 1.54) is 18.2 Å². The Hall–Kier alpha value is -1.51. The molecule has 0 spiro atoms. The summed E-state index contributed by atoms with van der Waals surface area (Å²) in [5, 5.41) is 2.99. The monoisotopic (exact) mass is 370 g/mol. The van der Waals surface area contributed by atoms with Crippen molar-refractivity contribution in [3.8, 4) is 0 Å². The van der Waals surface area contributed by atoms with Gasteiger partial charge in [-0.05, 0) is 44.2 Å². The zero-order valence-electron chi connectivity index (χ0n) is 14.1. The van der Waals surface area contributed by atoms with Gasteiger partial charge in [0.15, 0.2) is 0 Å². The maximum Gasteiger partial charge on any atom is 0.243 e. The molecule has 1 saturated carbocycles. The van der Waals surface area contributed by atoms with Crippen LogP contribution in [0, 0.1) is 11.7 Å². The molecule has 0 radical (unpaired) electrons. The molecule has 1 heterocycles. The number of ether oxygens (including phenoxy) is 1. The molecule has 2 fully saturated rings. The Morgan fingerprint density at radius 1 is 1.36 bits per heavy atom. The number of amides is 1. The van der Waals surface area contributed by atoms with Crippen molar-refractivity contribution in [1.29, 1.82) is 0 Å². The van der Waals surface area contributed by atoms with Gasteiger partial charge in [0.1, 0.15) is 10.7 Å². The summed E-state index contributed by atoms with van der Waals surface area (Å²) in [6.45, 7) is 2.51. The largest absolute Gasteiger partial charge is 0.375 e. The van der Waals surface area contributed by atoms with Crippen molar-refractivity contribution in [3.63, 3.8) is 0 Å². The van der Waals surface area contributed by atoms with Gasteiger partial charge >= 0.3 is 0 Å². The first-order chi connectivity index (χ1) is 11.8. The number of nitrogens with one attached hydrogen (secondary N) is 2. The Morgan fingerprint density at radius 3 is 2.76 bits per heavy atom. The molecule has 0 bridgehead atoms. The van der Waals surface area contributed by atoms with Gasteiger partial charge in [-0.1, -0.05) is 12.1 Å².